The van der Waals surface area contributed by atoms with Crippen LogP contribution >= 0.6 is 11.8 Å². The summed E-state index contributed by atoms with van der Waals surface area (Å²) in [5.74, 6) is -0.974. The van der Waals surface area contributed by atoms with Crippen LogP contribution in [0.15, 0.2) is 10.6 Å². The van der Waals surface area contributed by atoms with Gasteiger partial charge in [-0.3, -0.25) is 9.59 Å². The molecule has 0 aromatic rings. The number of hydrogen-bond donors (Lipinski definition) is 2. The number of amides is 2. The molecule has 26 heavy (non-hydrogen) atoms. The Morgan fingerprint density at radius 2 is 2.00 bits per heavy atom. The maximum Gasteiger partial charge on any atom is 0.243 e. The summed E-state index contributed by atoms with van der Waals surface area (Å²) in [6.45, 7) is 7.36. The highest BCUT2D eigenvalue weighted by atomic mass is 32.2. The first kappa shape index (κ1) is 20.3. The summed E-state index contributed by atoms with van der Waals surface area (Å²) in [5.41, 5.74) is -0.540. The molecule has 0 unspecified atom stereocenters. The maximum atomic E-state index is 12.6. The van der Waals surface area contributed by atoms with E-state index in [0.29, 0.717) is 16.5 Å². The molecule has 0 spiro atoms. The molecule has 2 aliphatic rings. The van der Waals surface area contributed by atoms with Crippen LogP contribution in [0, 0.1) is 39.9 Å². The molecular formula is C19H26N4O2S. The second kappa shape index (κ2) is 8.14. The molecule has 2 amide bonds. The zero-order valence-corrected chi connectivity index (χ0v) is 16.6. The van der Waals surface area contributed by atoms with E-state index in [0.717, 1.165) is 19.3 Å². The predicted octanol–water partition coefficient (Wildman–Crippen LogP) is 2.83. The first-order valence-electron chi connectivity index (χ1n) is 9.04. The van der Waals surface area contributed by atoms with Gasteiger partial charge in [-0.25, -0.2) is 0 Å². The third-order valence-electron chi connectivity index (χ3n) is 5.44. The van der Waals surface area contributed by atoms with Crippen molar-refractivity contribution in [3.8, 4) is 12.1 Å². The number of nitrogens with one attached hydrogen (secondary N) is 2. The Bertz CT molecular complexity index is 701. The molecular weight excluding hydrogens is 348 g/mol. The van der Waals surface area contributed by atoms with Crippen molar-refractivity contribution in [1.82, 2.24) is 10.6 Å². The largest absolute Gasteiger partial charge is 0.352 e. The molecule has 6 nitrogen and oxygen atoms in total. The number of rotatable bonds is 4. The van der Waals surface area contributed by atoms with Crippen molar-refractivity contribution in [3.63, 3.8) is 0 Å². The van der Waals surface area contributed by atoms with Gasteiger partial charge in [0.1, 0.15) is 5.92 Å². The van der Waals surface area contributed by atoms with Crippen molar-refractivity contribution >= 4 is 23.6 Å². The first-order chi connectivity index (χ1) is 12.2. The fourth-order valence-corrected chi connectivity index (χ4v) is 4.69. The first-order valence-corrected chi connectivity index (χ1v) is 9.92. The molecule has 0 bridgehead atoms. The van der Waals surface area contributed by atoms with Crippen molar-refractivity contribution in [2.75, 3.05) is 0 Å². The number of carbonyl (C=O) groups excluding carboxylic acids is 2. The molecule has 7 heteroatoms. The minimum absolute atomic E-state index is 0.0898. The standard InChI is InChI=1S/C19H26N4O2S/c1-11-7-5-6-8-15(11)22-16(24)12(2)26-18-14(10-21)19(3,4)13(9-20)17(25)23-18/h11-13,15H,5-8H2,1-4H3,(H,22,24)(H,23,25)/t11-,12-,13+,15+/m1/s1. The van der Waals surface area contributed by atoms with Crippen LogP contribution in [-0.4, -0.2) is 23.1 Å². The minimum atomic E-state index is -0.922. The minimum Gasteiger partial charge on any atom is -0.352 e. The lowest BCUT2D eigenvalue weighted by Gasteiger charge is -2.35. The molecule has 4 atom stereocenters. The van der Waals surface area contributed by atoms with Gasteiger partial charge in [-0.2, -0.15) is 10.5 Å². The number of allylic oxidation sites excluding steroid dienone is 1. The summed E-state index contributed by atoms with van der Waals surface area (Å²) < 4.78 is 0. The molecule has 0 radical (unpaired) electrons. The molecule has 140 valence electrons. The zero-order valence-electron chi connectivity index (χ0n) is 15.8. The van der Waals surface area contributed by atoms with Crippen LogP contribution in [0.5, 0.6) is 0 Å². The van der Waals surface area contributed by atoms with E-state index in [1.54, 1.807) is 20.8 Å². The molecule has 1 heterocycles. The van der Waals surface area contributed by atoms with E-state index >= 15 is 0 Å². The number of thioether (sulfide) groups is 1. The molecule has 2 N–H and O–H groups in total. The van der Waals surface area contributed by atoms with E-state index in [-0.39, 0.29) is 11.9 Å². The second-order valence-electron chi connectivity index (χ2n) is 7.73. The molecule has 1 aliphatic heterocycles. The topological polar surface area (TPSA) is 106 Å². The monoisotopic (exact) mass is 374 g/mol. The Kier molecular flexibility index (Phi) is 6.36. The highest BCUT2D eigenvalue weighted by molar-refractivity contribution is 8.04. The molecule has 1 fully saturated rings. The molecule has 0 aromatic carbocycles. The average Bonchev–Trinajstić information content (AvgIpc) is 2.56. The summed E-state index contributed by atoms with van der Waals surface area (Å²) in [5, 5.41) is 24.5. The Labute approximate surface area is 159 Å². The Morgan fingerprint density at radius 1 is 1.35 bits per heavy atom. The summed E-state index contributed by atoms with van der Waals surface area (Å²) in [7, 11) is 0. The number of carbonyl (C=O) groups is 2. The van der Waals surface area contributed by atoms with Gasteiger partial charge in [-0.1, -0.05) is 45.4 Å². The summed E-state index contributed by atoms with van der Waals surface area (Å²) >= 11 is 1.17. The molecule has 1 saturated carbocycles. The number of hydrogen-bond acceptors (Lipinski definition) is 5. The van der Waals surface area contributed by atoms with Crippen molar-refractivity contribution in [3.05, 3.63) is 10.6 Å². The van der Waals surface area contributed by atoms with Gasteiger partial charge < -0.3 is 10.6 Å². The van der Waals surface area contributed by atoms with Crippen LogP contribution < -0.4 is 10.6 Å². The Morgan fingerprint density at radius 3 is 2.58 bits per heavy atom. The lowest BCUT2D eigenvalue weighted by molar-refractivity contribution is -0.125. The zero-order chi connectivity index (χ0) is 19.5. The van der Waals surface area contributed by atoms with Gasteiger partial charge in [0.15, 0.2) is 0 Å². The van der Waals surface area contributed by atoms with Crippen molar-refractivity contribution in [2.45, 2.75) is 64.7 Å². The fraction of sp³-hybridized carbons (Fsp3) is 0.684. The smallest absolute Gasteiger partial charge is 0.243 e. The highest BCUT2D eigenvalue weighted by Gasteiger charge is 2.45. The normalized spacial score (nSPS) is 29.2. The van der Waals surface area contributed by atoms with E-state index < -0.39 is 22.5 Å². The highest BCUT2D eigenvalue weighted by Crippen LogP contribution is 2.42. The van der Waals surface area contributed by atoms with Gasteiger partial charge in [0.25, 0.3) is 0 Å². The number of nitrogens with zero attached hydrogens (tertiary/aromatic N) is 2. The van der Waals surface area contributed by atoms with E-state index in [4.69, 9.17) is 0 Å². The number of nitriles is 2. The van der Waals surface area contributed by atoms with Crippen molar-refractivity contribution in [1.29, 1.82) is 10.5 Å². The summed E-state index contributed by atoms with van der Waals surface area (Å²) in [4.78, 5) is 24.8. The third-order valence-corrected chi connectivity index (χ3v) is 6.55. The lowest BCUT2D eigenvalue weighted by atomic mass is 9.72. The molecule has 1 aliphatic carbocycles. The van der Waals surface area contributed by atoms with Gasteiger partial charge in [0, 0.05) is 11.5 Å². The van der Waals surface area contributed by atoms with E-state index in [1.807, 2.05) is 6.07 Å². The molecule has 2 rings (SSSR count). The average molecular weight is 375 g/mol. The van der Waals surface area contributed by atoms with Gasteiger partial charge in [-0.15, -0.1) is 0 Å². The SMILES string of the molecule is C[C@@H]1CCCC[C@@H]1NC(=O)[C@@H](C)SC1=C(C#N)C(C)(C)[C@@H](C#N)C(=O)N1. The van der Waals surface area contributed by atoms with Gasteiger partial charge in [-0.05, 0) is 25.7 Å². The molecule has 0 saturated heterocycles. The van der Waals surface area contributed by atoms with Crippen LogP contribution in [0.2, 0.25) is 0 Å². The van der Waals surface area contributed by atoms with Crippen molar-refractivity contribution < 1.29 is 9.59 Å². The van der Waals surface area contributed by atoms with Gasteiger partial charge >= 0.3 is 0 Å². The van der Waals surface area contributed by atoms with Crippen molar-refractivity contribution in [2.24, 2.45) is 17.3 Å². The fourth-order valence-electron chi connectivity index (χ4n) is 3.58. The summed E-state index contributed by atoms with van der Waals surface area (Å²) in [6.07, 6.45) is 4.44. The van der Waals surface area contributed by atoms with E-state index in [1.165, 1.54) is 18.2 Å². The van der Waals surface area contributed by atoms with E-state index in [2.05, 4.69) is 23.6 Å². The van der Waals surface area contributed by atoms with Crippen LogP contribution in [0.1, 0.15) is 53.4 Å². The lowest BCUT2D eigenvalue weighted by Crippen LogP contribution is -2.46. The van der Waals surface area contributed by atoms with Crippen LogP contribution in [0.4, 0.5) is 0 Å². The van der Waals surface area contributed by atoms with Gasteiger partial charge in [0.2, 0.25) is 11.8 Å². The van der Waals surface area contributed by atoms with E-state index in [9.17, 15) is 20.1 Å². The Balaban J connectivity index is 2.14. The van der Waals surface area contributed by atoms with Crippen LogP contribution in [-0.2, 0) is 9.59 Å². The summed E-state index contributed by atoms with van der Waals surface area (Å²) in [6, 6.07) is 4.29. The predicted molar refractivity (Wildman–Crippen MR) is 100 cm³/mol. The maximum absolute atomic E-state index is 12.6. The van der Waals surface area contributed by atoms with Crippen LogP contribution in [0.3, 0.4) is 0 Å². The third kappa shape index (κ3) is 4.04. The second-order valence-corrected chi connectivity index (χ2v) is 9.08. The quantitative estimate of drug-likeness (QED) is 0.787. The van der Waals surface area contributed by atoms with Gasteiger partial charge in [0.05, 0.1) is 28.0 Å². The molecule has 0 aromatic heterocycles. The van der Waals surface area contributed by atoms with Crippen LogP contribution in [0.25, 0.3) is 0 Å². The Hall–Kier alpha value is -1.99.